The third kappa shape index (κ3) is 4.03. The number of carbonyl (C=O) groups excluding carboxylic acids is 4. The summed E-state index contributed by atoms with van der Waals surface area (Å²) >= 11 is 0. The van der Waals surface area contributed by atoms with Crippen LogP contribution in [0.3, 0.4) is 0 Å². The Bertz CT molecular complexity index is 957. The Morgan fingerprint density at radius 3 is 2.34 bits per heavy atom. The van der Waals surface area contributed by atoms with Crippen molar-refractivity contribution in [3.05, 3.63) is 48.5 Å². The summed E-state index contributed by atoms with van der Waals surface area (Å²) in [7, 11) is 1.48. The molecule has 3 rings (SSSR count). The second-order valence-corrected chi connectivity index (χ2v) is 5.99. The van der Waals surface area contributed by atoms with Crippen molar-refractivity contribution >= 4 is 35.1 Å². The normalized spacial score (nSPS) is 13.7. The molecule has 150 valence electrons. The van der Waals surface area contributed by atoms with Gasteiger partial charge in [-0.2, -0.15) is 0 Å². The molecule has 0 aliphatic carbocycles. The fourth-order valence-electron chi connectivity index (χ4n) is 2.79. The van der Waals surface area contributed by atoms with Gasteiger partial charge in [-0.25, -0.2) is 14.6 Å². The lowest BCUT2D eigenvalue weighted by Crippen LogP contribution is -2.39. The van der Waals surface area contributed by atoms with Gasteiger partial charge in [-0.3, -0.25) is 14.4 Å². The van der Waals surface area contributed by atoms with Gasteiger partial charge in [-0.15, -0.1) is 0 Å². The lowest BCUT2D eigenvalue weighted by Gasteiger charge is -2.16. The van der Waals surface area contributed by atoms with E-state index in [1.54, 1.807) is 43.3 Å². The van der Waals surface area contributed by atoms with E-state index in [0.717, 1.165) is 4.90 Å². The van der Waals surface area contributed by atoms with Gasteiger partial charge in [-0.1, -0.05) is 12.1 Å². The summed E-state index contributed by atoms with van der Waals surface area (Å²) in [5.41, 5.74) is 0.607. The average molecular weight is 397 g/mol. The molecular formula is C20H19N3O6. The molecule has 0 saturated carbocycles. The summed E-state index contributed by atoms with van der Waals surface area (Å²) in [4.78, 5) is 50.9. The Labute approximate surface area is 166 Å². The van der Waals surface area contributed by atoms with Gasteiger partial charge >= 0.3 is 17.8 Å². The number of carbonyl (C=O) groups is 4. The number of hydrogen-bond acceptors (Lipinski definition) is 6. The average Bonchev–Trinajstić information content (AvgIpc) is 2.93. The van der Waals surface area contributed by atoms with Gasteiger partial charge in [0.2, 0.25) is 5.91 Å². The van der Waals surface area contributed by atoms with Gasteiger partial charge in [0.1, 0.15) is 18.0 Å². The number of urea groups is 1. The Morgan fingerprint density at radius 1 is 1.00 bits per heavy atom. The molecule has 29 heavy (non-hydrogen) atoms. The monoisotopic (exact) mass is 397 g/mol. The highest BCUT2D eigenvalue weighted by atomic mass is 16.5. The van der Waals surface area contributed by atoms with E-state index >= 15 is 0 Å². The third-order valence-electron chi connectivity index (χ3n) is 4.15. The maximum atomic E-state index is 12.6. The molecule has 0 atom stereocenters. The topological polar surface area (TPSA) is 105 Å². The predicted molar refractivity (Wildman–Crippen MR) is 104 cm³/mol. The number of nitrogens with one attached hydrogen (secondary N) is 1. The number of amides is 5. The minimum atomic E-state index is -1.07. The maximum Gasteiger partial charge on any atom is 0.339 e. The Balaban J connectivity index is 1.74. The predicted octanol–water partition coefficient (Wildman–Crippen LogP) is 2.03. The molecule has 0 bridgehead atoms. The van der Waals surface area contributed by atoms with Crippen LogP contribution in [0.4, 0.5) is 16.2 Å². The summed E-state index contributed by atoms with van der Waals surface area (Å²) in [5.74, 6) is -1.74. The molecule has 1 saturated heterocycles. The van der Waals surface area contributed by atoms with Gasteiger partial charge in [-0.05, 0) is 43.3 Å². The quantitative estimate of drug-likeness (QED) is 0.566. The number of para-hydroxylation sites is 2. The van der Waals surface area contributed by atoms with Crippen LogP contribution in [0.15, 0.2) is 48.5 Å². The van der Waals surface area contributed by atoms with E-state index in [9.17, 15) is 19.2 Å². The van der Waals surface area contributed by atoms with Crippen molar-refractivity contribution in [1.82, 2.24) is 4.90 Å². The van der Waals surface area contributed by atoms with E-state index in [2.05, 4.69) is 5.32 Å². The SMILES string of the molecule is CCOc1ccccc1NC(=O)CN1C(=O)C(=O)N(c2ccc(OC)cc2)C1=O. The molecule has 0 radical (unpaired) electrons. The van der Waals surface area contributed by atoms with Crippen LogP contribution in [-0.2, 0) is 14.4 Å². The van der Waals surface area contributed by atoms with Gasteiger partial charge in [0, 0.05) is 0 Å². The second kappa shape index (κ2) is 8.42. The summed E-state index contributed by atoms with van der Waals surface area (Å²) in [6, 6.07) is 11.9. The molecule has 9 nitrogen and oxygen atoms in total. The summed E-state index contributed by atoms with van der Waals surface area (Å²) in [6.07, 6.45) is 0. The number of methoxy groups -OCH3 is 1. The van der Waals surface area contributed by atoms with Crippen molar-refractivity contribution in [2.45, 2.75) is 6.92 Å². The Hall–Kier alpha value is -3.88. The van der Waals surface area contributed by atoms with E-state index < -0.39 is 30.3 Å². The molecule has 5 amide bonds. The van der Waals surface area contributed by atoms with Crippen LogP contribution in [0.2, 0.25) is 0 Å². The molecule has 1 heterocycles. The van der Waals surface area contributed by atoms with Gasteiger partial charge in [0.15, 0.2) is 0 Å². The van der Waals surface area contributed by atoms with Crippen molar-refractivity contribution in [1.29, 1.82) is 0 Å². The van der Waals surface area contributed by atoms with Crippen LogP contribution in [0.1, 0.15) is 6.92 Å². The summed E-state index contributed by atoms with van der Waals surface area (Å²) in [6.45, 7) is 1.61. The summed E-state index contributed by atoms with van der Waals surface area (Å²) < 4.78 is 10.5. The highest BCUT2D eigenvalue weighted by Crippen LogP contribution is 2.26. The molecule has 1 aliphatic rings. The van der Waals surface area contributed by atoms with Crippen LogP contribution < -0.4 is 19.7 Å². The van der Waals surface area contributed by atoms with Gasteiger partial charge in [0.25, 0.3) is 0 Å². The van der Waals surface area contributed by atoms with Crippen molar-refractivity contribution in [2.75, 3.05) is 30.5 Å². The molecular weight excluding hydrogens is 378 g/mol. The minimum absolute atomic E-state index is 0.207. The first-order valence-corrected chi connectivity index (χ1v) is 8.82. The van der Waals surface area contributed by atoms with Crippen LogP contribution in [0, 0.1) is 0 Å². The fraction of sp³-hybridized carbons (Fsp3) is 0.200. The van der Waals surface area contributed by atoms with Gasteiger partial charge in [0.05, 0.1) is 25.1 Å². The number of rotatable bonds is 7. The molecule has 1 N–H and O–H groups in total. The standard InChI is InChI=1S/C20H19N3O6/c1-3-29-16-7-5-4-6-15(16)21-17(24)12-22-18(25)19(26)23(20(22)27)13-8-10-14(28-2)11-9-13/h4-11H,3,12H2,1-2H3,(H,21,24). The number of nitrogens with zero attached hydrogens (tertiary/aromatic N) is 2. The van der Waals surface area contributed by atoms with Crippen molar-refractivity contribution < 1.29 is 28.7 Å². The van der Waals surface area contributed by atoms with Crippen molar-refractivity contribution in [3.63, 3.8) is 0 Å². The Morgan fingerprint density at radius 2 is 1.69 bits per heavy atom. The van der Waals surface area contributed by atoms with E-state index in [4.69, 9.17) is 9.47 Å². The van der Waals surface area contributed by atoms with Crippen molar-refractivity contribution in [2.24, 2.45) is 0 Å². The molecule has 1 fully saturated rings. The first-order valence-electron chi connectivity index (χ1n) is 8.82. The number of ether oxygens (including phenoxy) is 2. The molecule has 0 spiro atoms. The molecule has 0 aromatic heterocycles. The molecule has 0 unspecified atom stereocenters. The number of imide groups is 2. The van der Waals surface area contributed by atoms with E-state index in [1.165, 1.54) is 19.2 Å². The number of anilines is 2. The lowest BCUT2D eigenvalue weighted by molar-refractivity contribution is -0.140. The number of hydrogen-bond donors (Lipinski definition) is 1. The van der Waals surface area contributed by atoms with E-state index in [0.29, 0.717) is 28.7 Å². The van der Waals surface area contributed by atoms with Crippen LogP contribution in [-0.4, -0.2) is 48.9 Å². The second-order valence-electron chi connectivity index (χ2n) is 5.99. The zero-order valence-electron chi connectivity index (χ0n) is 15.9. The zero-order chi connectivity index (χ0) is 21.0. The first kappa shape index (κ1) is 19.9. The van der Waals surface area contributed by atoms with Crippen LogP contribution >= 0.6 is 0 Å². The Kier molecular flexibility index (Phi) is 5.77. The van der Waals surface area contributed by atoms with Crippen LogP contribution in [0.5, 0.6) is 11.5 Å². The van der Waals surface area contributed by atoms with E-state index in [-0.39, 0.29) is 5.69 Å². The smallest absolute Gasteiger partial charge is 0.339 e. The molecule has 1 aliphatic heterocycles. The van der Waals surface area contributed by atoms with Gasteiger partial charge < -0.3 is 14.8 Å². The largest absolute Gasteiger partial charge is 0.497 e. The number of benzene rings is 2. The van der Waals surface area contributed by atoms with E-state index in [1.807, 2.05) is 0 Å². The van der Waals surface area contributed by atoms with Crippen molar-refractivity contribution in [3.8, 4) is 11.5 Å². The molecule has 9 heteroatoms. The highest BCUT2D eigenvalue weighted by molar-refractivity contribution is 6.53. The highest BCUT2D eigenvalue weighted by Gasteiger charge is 2.46. The first-order chi connectivity index (χ1) is 14.0. The lowest BCUT2D eigenvalue weighted by atomic mass is 10.3. The minimum Gasteiger partial charge on any atom is -0.497 e. The van der Waals surface area contributed by atoms with Crippen LogP contribution in [0.25, 0.3) is 0 Å². The maximum absolute atomic E-state index is 12.6. The third-order valence-corrected chi connectivity index (χ3v) is 4.15. The molecule has 2 aromatic rings. The molecule has 2 aromatic carbocycles. The zero-order valence-corrected chi connectivity index (χ0v) is 15.9. The summed E-state index contributed by atoms with van der Waals surface area (Å²) in [5, 5.41) is 2.59. The fourth-order valence-corrected chi connectivity index (χ4v) is 2.79.